The average molecular weight is 413 g/mol. The van der Waals surface area contributed by atoms with Gasteiger partial charge in [0.15, 0.2) is 0 Å². The molecule has 2 aliphatic rings. The number of rotatable bonds is 15. The molecule has 0 heterocycles. The molecule has 0 amide bonds. The number of hydrogen-bond acceptors (Lipinski definition) is 5. The minimum Gasteiger partial charge on any atom is -0.463 e. The van der Waals surface area contributed by atoms with Gasteiger partial charge in [0.2, 0.25) is 0 Å². The maximum Gasteiger partial charge on any atom is 0.305 e. The molecule has 0 bridgehead atoms. The summed E-state index contributed by atoms with van der Waals surface area (Å²) < 4.78 is 11.0. The third-order valence-corrected chi connectivity index (χ3v) is 6.63. The van der Waals surface area contributed by atoms with Crippen LogP contribution in [0, 0.1) is 5.92 Å². The molecule has 0 radical (unpaired) electrons. The Bertz CT molecular complexity index is 402. The van der Waals surface area contributed by atoms with E-state index in [1.807, 2.05) is 0 Å². The molecule has 5 heteroatoms. The summed E-state index contributed by atoms with van der Waals surface area (Å²) in [4.78, 5) is 16.5. The minimum atomic E-state index is -0.0986. The summed E-state index contributed by atoms with van der Waals surface area (Å²) in [5.74, 6) is 0.637. The van der Waals surface area contributed by atoms with Gasteiger partial charge >= 0.3 is 5.97 Å². The molecule has 2 saturated carbocycles. The highest BCUT2D eigenvalue weighted by Gasteiger charge is 2.19. The van der Waals surface area contributed by atoms with Crippen molar-refractivity contribution < 1.29 is 24.4 Å². The van der Waals surface area contributed by atoms with Crippen LogP contribution < -0.4 is 0 Å². The van der Waals surface area contributed by atoms with Crippen molar-refractivity contribution in [3.05, 3.63) is 0 Å². The van der Waals surface area contributed by atoms with Gasteiger partial charge in [-0.05, 0) is 38.0 Å². The minimum absolute atomic E-state index is 0.00362. The lowest BCUT2D eigenvalue weighted by molar-refractivity contribution is -0.283. The largest absolute Gasteiger partial charge is 0.463 e. The van der Waals surface area contributed by atoms with E-state index in [4.69, 9.17) is 19.6 Å². The van der Waals surface area contributed by atoms with Gasteiger partial charge in [-0.25, -0.2) is 4.89 Å². The number of unbranched alkanes of at least 4 members (excludes halogenated alkanes) is 4. The van der Waals surface area contributed by atoms with Gasteiger partial charge in [-0.3, -0.25) is 10.1 Å². The zero-order valence-corrected chi connectivity index (χ0v) is 18.5. The number of esters is 1. The Morgan fingerprint density at radius 3 is 2.21 bits per heavy atom. The van der Waals surface area contributed by atoms with E-state index in [1.165, 1.54) is 51.4 Å². The van der Waals surface area contributed by atoms with Crippen molar-refractivity contribution in [3.63, 3.8) is 0 Å². The van der Waals surface area contributed by atoms with Crippen molar-refractivity contribution in [1.82, 2.24) is 0 Å². The summed E-state index contributed by atoms with van der Waals surface area (Å²) in [6, 6.07) is 0. The van der Waals surface area contributed by atoms with Gasteiger partial charge in [0.05, 0.1) is 18.8 Å². The molecule has 0 spiro atoms. The molecule has 0 aromatic carbocycles. The highest BCUT2D eigenvalue weighted by molar-refractivity contribution is 5.69. The standard InChI is InChI=1S/C24H44O5/c25-24(28-19-18-27-22-14-9-5-10-15-22)17-11-3-1-2-8-16-23(29-26)20-21-12-6-4-7-13-21/h21-23,26H,1-20H2. The first kappa shape index (κ1) is 24.6. The average Bonchev–Trinajstić information content (AvgIpc) is 2.76. The lowest BCUT2D eigenvalue weighted by atomic mass is 9.84. The summed E-state index contributed by atoms with van der Waals surface area (Å²) in [6.45, 7) is 0.921. The van der Waals surface area contributed by atoms with Gasteiger partial charge in [-0.2, -0.15) is 0 Å². The van der Waals surface area contributed by atoms with E-state index in [0.717, 1.165) is 63.7 Å². The number of ether oxygens (including phenoxy) is 2. The molecule has 1 atom stereocenters. The van der Waals surface area contributed by atoms with Crippen molar-refractivity contribution in [2.45, 2.75) is 128 Å². The summed E-state index contributed by atoms with van der Waals surface area (Å²) in [6.07, 6.45) is 20.9. The van der Waals surface area contributed by atoms with Crippen LogP contribution in [0.25, 0.3) is 0 Å². The molecule has 1 unspecified atom stereocenters. The zero-order chi connectivity index (χ0) is 20.6. The number of carbonyl (C=O) groups is 1. The number of carbonyl (C=O) groups excluding carboxylic acids is 1. The Balaban J connectivity index is 1.36. The maximum absolute atomic E-state index is 11.8. The highest BCUT2D eigenvalue weighted by atomic mass is 17.1. The molecule has 2 fully saturated rings. The van der Waals surface area contributed by atoms with Crippen LogP contribution in [0.4, 0.5) is 0 Å². The summed E-state index contributed by atoms with van der Waals surface area (Å²) in [5.41, 5.74) is 0. The van der Waals surface area contributed by atoms with E-state index in [0.29, 0.717) is 25.7 Å². The van der Waals surface area contributed by atoms with Gasteiger partial charge in [0.25, 0.3) is 0 Å². The lowest BCUT2D eigenvalue weighted by Gasteiger charge is -2.24. The van der Waals surface area contributed by atoms with Crippen LogP contribution in [0.2, 0.25) is 0 Å². The molecular formula is C24H44O5. The van der Waals surface area contributed by atoms with Gasteiger partial charge in [-0.15, -0.1) is 0 Å². The fourth-order valence-electron chi connectivity index (χ4n) is 4.85. The molecule has 2 aliphatic carbocycles. The van der Waals surface area contributed by atoms with Gasteiger partial charge < -0.3 is 9.47 Å². The predicted octanol–water partition coefficient (Wildman–Crippen LogP) is 6.44. The second kappa shape index (κ2) is 16.1. The van der Waals surface area contributed by atoms with E-state index in [-0.39, 0.29) is 12.1 Å². The van der Waals surface area contributed by atoms with Gasteiger partial charge in [0, 0.05) is 6.42 Å². The molecule has 1 N–H and O–H groups in total. The van der Waals surface area contributed by atoms with E-state index in [2.05, 4.69) is 0 Å². The normalized spacial score (nSPS) is 19.9. The van der Waals surface area contributed by atoms with E-state index >= 15 is 0 Å². The topological polar surface area (TPSA) is 65.0 Å². The lowest BCUT2D eigenvalue weighted by Crippen LogP contribution is -2.20. The Hall–Kier alpha value is -0.650. The third kappa shape index (κ3) is 12.0. The molecule has 29 heavy (non-hydrogen) atoms. The Morgan fingerprint density at radius 2 is 1.48 bits per heavy atom. The van der Waals surface area contributed by atoms with Crippen molar-refractivity contribution in [1.29, 1.82) is 0 Å². The van der Waals surface area contributed by atoms with Crippen LogP contribution >= 0.6 is 0 Å². The van der Waals surface area contributed by atoms with Crippen molar-refractivity contribution in [3.8, 4) is 0 Å². The molecule has 2 rings (SSSR count). The van der Waals surface area contributed by atoms with Crippen molar-refractivity contribution in [2.75, 3.05) is 13.2 Å². The van der Waals surface area contributed by atoms with Crippen LogP contribution in [-0.2, 0) is 19.2 Å². The van der Waals surface area contributed by atoms with E-state index < -0.39 is 0 Å². The smallest absolute Gasteiger partial charge is 0.305 e. The summed E-state index contributed by atoms with van der Waals surface area (Å²) in [5, 5.41) is 9.16. The molecule has 0 saturated heterocycles. The SMILES string of the molecule is O=C(CCCCCCCC(CC1CCCCC1)OO)OCCOC1CCCCC1. The second-order valence-corrected chi connectivity index (χ2v) is 9.12. The molecule has 170 valence electrons. The predicted molar refractivity (Wildman–Crippen MR) is 115 cm³/mol. The fourth-order valence-corrected chi connectivity index (χ4v) is 4.85. The second-order valence-electron chi connectivity index (χ2n) is 9.12. The molecule has 0 aromatic heterocycles. The molecule has 5 nitrogen and oxygen atoms in total. The Labute approximate surface area is 177 Å². The first-order valence-corrected chi connectivity index (χ1v) is 12.4. The van der Waals surface area contributed by atoms with Crippen molar-refractivity contribution >= 4 is 5.97 Å². The van der Waals surface area contributed by atoms with Crippen molar-refractivity contribution in [2.24, 2.45) is 5.92 Å². The van der Waals surface area contributed by atoms with Crippen LogP contribution in [0.15, 0.2) is 0 Å². The number of hydrogen-bond donors (Lipinski definition) is 1. The van der Waals surface area contributed by atoms with Crippen LogP contribution in [0.3, 0.4) is 0 Å². The first-order chi connectivity index (χ1) is 14.3. The monoisotopic (exact) mass is 412 g/mol. The third-order valence-electron chi connectivity index (χ3n) is 6.63. The molecule has 0 aromatic rings. The maximum atomic E-state index is 11.8. The van der Waals surface area contributed by atoms with Crippen LogP contribution in [-0.4, -0.2) is 36.6 Å². The van der Waals surface area contributed by atoms with Gasteiger partial charge in [0.1, 0.15) is 6.61 Å². The summed E-state index contributed by atoms with van der Waals surface area (Å²) in [7, 11) is 0. The Morgan fingerprint density at radius 1 is 0.828 bits per heavy atom. The van der Waals surface area contributed by atoms with Crippen LogP contribution in [0.5, 0.6) is 0 Å². The van der Waals surface area contributed by atoms with E-state index in [1.54, 1.807) is 0 Å². The zero-order valence-electron chi connectivity index (χ0n) is 18.5. The quantitative estimate of drug-likeness (QED) is 0.145. The summed E-state index contributed by atoms with van der Waals surface area (Å²) >= 11 is 0. The first-order valence-electron chi connectivity index (χ1n) is 12.4. The van der Waals surface area contributed by atoms with Crippen LogP contribution in [0.1, 0.15) is 116 Å². The van der Waals surface area contributed by atoms with E-state index in [9.17, 15) is 4.79 Å². The molecular weight excluding hydrogens is 368 g/mol. The fraction of sp³-hybridized carbons (Fsp3) is 0.958. The highest BCUT2D eigenvalue weighted by Crippen LogP contribution is 2.29. The Kier molecular flexibility index (Phi) is 13.7. The van der Waals surface area contributed by atoms with Gasteiger partial charge in [-0.1, -0.05) is 77.0 Å². The molecule has 0 aliphatic heterocycles.